The van der Waals surface area contributed by atoms with Crippen LogP contribution in [0, 0.1) is 5.92 Å². The van der Waals surface area contributed by atoms with E-state index in [1.807, 2.05) is 12.4 Å². The van der Waals surface area contributed by atoms with Crippen LogP contribution in [0.2, 0.25) is 0 Å². The van der Waals surface area contributed by atoms with Gasteiger partial charge in [-0.3, -0.25) is 9.88 Å². The predicted octanol–water partition coefficient (Wildman–Crippen LogP) is 3.32. The van der Waals surface area contributed by atoms with Crippen molar-refractivity contribution in [1.82, 2.24) is 14.9 Å². The highest BCUT2D eigenvalue weighted by Crippen LogP contribution is 2.26. The summed E-state index contributed by atoms with van der Waals surface area (Å²) in [5.41, 5.74) is 1.32. The Hall–Kier alpha value is -1.63. The lowest BCUT2D eigenvalue weighted by Crippen LogP contribution is -2.44. The summed E-state index contributed by atoms with van der Waals surface area (Å²) >= 11 is 1.76. The van der Waals surface area contributed by atoms with Crippen molar-refractivity contribution in [1.29, 1.82) is 0 Å². The Bertz CT molecular complexity index is 708. The van der Waals surface area contributed by atoms with E-state index in [9.17, 15) is 0 Å². The first-order valence-electron chi connectivity index (χ1n) is 9.90. The number of ether oxygens (including phenoxy) is 1. The summed E-state index contributed by atoms with van der Waals surface area (Å²) in [6.07, 6.45) is 6.35. The average Bonchev–Trinajstić information content (AvgIpc) is 2.74. The number of hydrogen-bond acceptors (Lipinski definition) is 6. The minimum absolute atomic E-state index is 0.708. The SMILES string of the molecule is c1ccc(CSc2cncc(N3CCCC(CN4CCOCC4)C3)n2)cc1. The first kappa shape index (κ1) is 18.7. The lowest BCUT2D eigenvalue weighted by Gasteiger charge is -2.37. The molecule has 0 saturated carbocycles. The Morgan fingerprint density at radius 2 is 1.93 bits per heavy atom. The molecular formula is C21H28N4OS. The van der Waals surface area contributed by atoms with Crippen LogP contribution in [0.15, 0.2) is 47.8 Å². The number of aromatic nitrogens is 2. The zero-order valence-corrected chi connectivity index (χ0v) is 16.6. The van der Waals surface area contributed by atoms with Crippen LogP contribution >= 0.6 is 11.8 Å². The van der Waals surface area contributed by atoms with Gasteiger partial charge in [0, 0.05) is 38.5 Å². The Morgan fingerprint density at radius 3 is 2.78 bits per heavy atom. The van der Waals surface area contributed by atoms with Gasteiger partial charge in [-0.25, -0.2) is 4.98 Å². The molecule has 0 radical (unpaired) electrons. The van der Waals surface area contributed by atoms with Gasteiger partial charge in [-0.1, -0.05) is 30.3 Å². The largest absolute Gasteiger partial charge is 0.379 e. The minimum atomic E-state index is 0.708. The lowest BCUT2D eigenvalue weighted by molar-refractivity contribution is 0.0296. The average molecular weight is 385 g/mol. The molecule has 2 aliphatic rings. The summed E-state index contributed by atoms with van der Waals surface area (Å²) in [5, 5.41) is 1.01. The van der Waals surface area contributed by atoms with Gasteiger partial charge in [0.2, 0.25) is 0 Å². The van der Waals surface area contributed by atoms with E-state index in [-0.39, 0.29) is 0 Å². The highest BCUT2D eigenvalue weighted by atomic mass is 32.2. The smallest absolute Gasteiger partial charge is 0.148 e. The fraction of sp³-hybridized carbons (Fsp3) is 0.524. The van der Waals surface area contributed by atoms with E-state index in [1.165, 1.54) is 24.9 Å². The molecular weight excluding hydrogens is 356 g/mol. The van der Waals surface area contributed by atoms with E-state index >= 15 is 0 Å². The Kier molecular flexibility index (Phi) is 6.61. The van der Waals surface area contributed by atoms with E-state index < -0.39 is 0 Å². The van der Waals surface area contributed by atoms with Crippen LogP contribution in [-0.2, 0) is 10.5 Å². The van der Waals surface area contributed by atoms with Crippen LogP contribution in [0.5, 0.6) is 0 Å². The molecule has 6 heteroatoms. The van der Waals surface area contributed by atoms with Crippen LogP contribution in [-0.4, -0.2) is 60.8 Å². The molecule has 1 aromatic heterocycles. The van der Waals surface area contributed by atoms with Crippen LogP contribution < -0.4 is 4.90 Å². The maximum atomic E-state index is 5.47. The predicted molar refractivity (Wildman–Crippen MR) is 110 cm³/mol. The van der Waals surface area contributed by atoms with Gasteiger partial charge in [-0.15, -0.1) is 11.8 Å². The van der Waals surface area contributed by atoms with E-state index in [1.54, 1.807) is 11.8 Å². The van der Waals surface area contributed by atoms with Gasteiger partial charge in [0.25, 0.3) is 0 Å². The van der Waals surface area contributed by atoms with Gasteiger partial charge >= 0.3 is 0 Å². The van der Waals surface area contributed by atoms with Gasteiger partial charge < -0.3 is 9.64 Å². The standard InChI is InChI=1S/C21H28N4OS/c1-2-5-18(6-3-1)17-27-21-14-22-13-20(23-21)25-8-4-7-19(16-25)15-24-9-11-26-12-10-24/h1-3,5-6,13-14,19H,4,7-12,15-17H2. The van der Waals surface area contributed by atoms with Gasteiger partial charge in [0.15, 0.2) is 0 Å². The van der Waals surface area contributed by atoms with Crippen molar-refractivity contribution in [3.8, 4) is 0 Å². The molecule has 0 aliphatic carbocycles. The maximum Gasteiger partial charge on any atom is 0.148 e. The highest BCUT2D eigenvalue weighted by Gasteiger charge is 2.24. The zero-order chi connectivity index (χ0) is 18.3. The summed E-state index contributed by atoms with van der Waals surface area (Å²) in [6.45, 7) is 7.24. The summed E-state index contributed by atoms with van der Waals surface area (Å²) < 4.78 is 5.47. The zero-order valence-electron chi connectivity index (χ0n) is 15.8. The van der Waals surface area contributed by atoms with Crippen molar-refractivity contribution in [3.05, 3.63) is 48.3 Å². The van der Waals surface area contributed by atoms with Crippen LogP contribution in [0.3, 0.4) is 0 Å². The van der Waals surface area contributed by atoms with E-state index in [4.69, 9.17) is 9.72 Å². The third kappa shape index (κ3) is 5.43. The van der Waals surface area contributed by atoms with Gasteiger partial charge in [0.05, 0.1) is 25.6 Å². The molecule has 27 heavy (non-hydrogen) atoms. The van der Waals surface area contributed by atoms with Crippen molar-refractivity contribution in [3.63, 3.8) is 0 Å². The number of piperidine rings is 1. The van der Waals surface area contributed by atoms with Crippen LogP contribution in [0.4, 0.5) is 5.82 Å². The third-order valence-corrected chi connectivity index (χ3v) is 6.26. The number of rotatable bonds is 6. The van der Waals surface area contributed by atoms with Gasteiger partial charge in [0.1, 0.15) is 10.8 Å². The third-order valence-electron chi connectivity index (χ3n) is 5.29. The molecule has 2 aliphatic heterocycles. The number of benzene rings is 1. The van der Waals surface area contributed by atoms with Crippen molar-refractivity contribution >= 4 is 17.6 Å². The van der Waals surface area contributed by atoms with E-state index in [0.717, 1.165) is 56.0 Å². The number of hydrogen-bond donors (Lipinski definition) is 0. The fourth-order valence-electron chi connectivity index (χ4n) is 3.86. The highest BCUT2D eigenvalue weighted by molar-refractivity contribution is 7.98. The van der Waals surface area contributed by atoms with Crippen molar-refractivity contribution in [2.75, 3.05) is 50.8 Å². The molecule has 1 atom stereocenters. The molecule has 1 unspecified atom stereocenters. The first-order valence-corrected chi connectivity index (χ1v) is 10.9. The van der Waals surface area contributed by atoms with Gasteiger partial charge in [-0.2, -0.15) is 0 Å². The molecule has 5 nitrogen and oxygen atoms in total. The molecule has 144 valence electrons. The van der Waals surface area contributed by atoms with Crippen LogP contribution in [0.1, 0.15) is 18.4 Å². The van der Waals surface area contributed by atoms with Crippen molar-refractivity contribution in [2.45, 2.75) is 23.6 Å². The topological polar surface area (TPSA) is 41.5 Å². The lowest BCUT2D eigenvalue weighted by atomic mass is 9.97. The van der Waals surface area contributed by atoms with E-state index in [2.05, 4.69) is 45.1 Å². The molecule has 2 fully saturated rings. The van der Waals surface area contributed by atoms with Crippen molar-refractivity contribution < 1.29 is 4.74 Å². The molecule has 0 spiro atoms. The molecule has 0 bridgehead atoms. The normalized spacial score (nSPS) is 21.3. The monoisotopic (exact) mass is 384 g/mol. The summed E-state index contributed by atoms with van der Waals surface area (Å²) in [7, 11) is 0. The Labute approximate surface area is 166 Å². The molecule has 2 saturated heterocycles. The summed E-state index contributed by atoms with van der Waals surface area (Å²) in [5.74, 6) is 2.66. The molecule has 1 aromatic carbocycles. The second-order valence-electron chi connectivity index (χ2n) is 7.36. The summed E-state index contributed by atoms with van der Waals surface area (Å²) in [4.78, 5) is 14.3. The molecule has 0 amide bonds. The molecule has 2 aromatic rings. The van der Waals surface area contributed by atoms with E-state index in [0.29, 0.717) is 5.92 Å². The molecule has 3 heterocycles. The second kappa shape index (κ2) is 9.53. The number of morpholine rings is 1. The number of anilines is 1. The molecule has 0 N–H and O–H groups in total. The van der Waals surface area contributed by atoms with Gasteiger partial charge in [-0.05, 0) is 24.3 Å². The minimum Gasteiger partial charge on any atom is -0.379 e. The number of nitrogens with zero attached hydrogens (tertiary/aromatic N) is 4. The summed E-state index contributed by atoms with van der Waals surface area (Å²) in [6, 6.07) is 10.5. The Balaban J connectivity index is 1.34. The first-order chi connectivity index (χ1) is 13.4. The van der Waals surface area contributed by atoms with Crippen molar-refractivity contribution in [2.24, 2.45) is 5.92 Å². The second-order valence-corrected chi connectivity index (χ2v) is 8.35. The maximum absolute atomic E-state index is 5.47. The number of thioether (sulfide) groups is 1. The Morgan fingerprint density at radius 1 is 1.07 bits per heavy atom. The van der Waals surface area contributed by atoms with Crippen LogP contribution in [0.25, 0.3) is 0 Å². The fourth-order valence-corrected chi connectivity index (χ4v) is 4.66. The molecule has 4 rings (SSSR count). The quantitative estimate of drug-likeness (QED) is 0.712.